The largest absolute Gasteiger partial charge is 0.494 e. The van der Waals surface area contributed by atoms with E-state index in [0.29, 0.717) is 21.9 Å². The Hall–Kier alpha value is -1.93. The van der Waals surface area contributed by atoms with E-state index in [0.717, 1.165) is 0 Å². The van der Waals surface area contributed by atoms with Gasteiger partial charge in [0.15, 0.2) is 11.0 Å². The Morgan fingerprint density at radius 1 is 1.26 bits per heavy atom. The van der Waals surface area contributed by atoms with Gasteiger partial charge in [0.1, 0.15) is 22.2 Å². The molecule has 0 saturated heterocycles. The van der Waals surface area contributed by atoms with Crippen molar-refractivity contribution in [3.63, 3.8) is 0 Å². The highest BCUT2D eigenvalue weighted by Gasteiger charge is 2.23. The van der Waals surface area contributed by atoms with E-state index in [-0.39, 0.29) is 11.0 Å². The standard InChI is InChI=1S/C14H11ClF2N4OS/c1-22-8-5-3-4-7-11(8)20-13(12(16)17)21(7)10-6-9(15)18-14(19-10)23-2/h3-6,12H,1-2H3. The van der Waals surface area contributed by atoms with Crippen molar-refractivity contribution in [2.75, 3.05) is 13.4 Å². The summed E-state index contributed by atoms with van der Waals surface area (Å²) in [5.41, 5.74) is 0.798. The fourth-order valence-electron chi connectivity index (χ4n) is 2.23. The molecule has 23 heavy (non-hydrogen) atoms. The second-order valence-electron chi connectivity index (χ2n) is 4.47. The van der Waals surface area contributed by atoms with Crippen molar-refractivity contribution < 1.29 is 13.5 Å². The lowest BCUT2D eigenvalue weighted by molar-refractivity contribution is 0.139. The Labute approximate surface area is 139 Å². The monoisotopic (exact) mass is 356 g/mol. The van der Waals surface area contributed by atoms with Crippen LogP contribution in [0.2, 0.25) is 5.15 Å². The summed E-state index contributed by atoms with van der Waals surface area (Å²) in [6.45, 7) is 0. The quantitative estimate of drug-likeness (QED) is 0.399. The molecule has 0 fully saturated rings. The van der Waals surface area contributed by atoms with E-state index in [9.17, 15) is 8.78 Å². The van der Waals surface area contributed by atoms with Gasteiger partial charge in [0.2, 0.25) is 0 Å². The number of nitrogens with zero attached hydrogens (tertiary/aromatic N) is 4. The van der Waals surface area contributed by atoms with Crippen LogP contribution in [0.3, 0.4) is 0 Å². The minimum Gasteiger partial charge on any atom is -0.494 e. The van der Waals surface area contributed by atoms with Crippen molar-refractivity contribution in [3.05, 3.63) is 35.2 Å². The average molecular weight is 357 g/mol. The van der Waals surface area contributed by atoms with Gasteiger partial charge in [-0.1, -0.05) is 29.4 Å². The SMILES string of the molecule is COc1cccc2c1nc(C(F)F)n2-c1cc(Cl)nc(SC)n1. The van der Waals surface area contributed by atoms with Crippen LogP contribution in [0, 0.1) is 0 Å². The summed E-state index contributed by atoms with van der Waals surface area (Å²) in [5.74, 6) is 0.222. The molecule has 0 atom stereocenters. The molecule has 120 valence electrons. The predicted octanol–water partition coefficient (Wildman–Crippen LogP) is 4.14. The van der Waals surface area contributed by atoms with Crippen molar-refractivity contribution >= 4 is 34.4 Å². The third-order valence-electron chi connectivity index (χ3n) is 3.16. The molecule has 0 unspecified atom stereocenters. The zero-order chi connectivity index (χ0) is 16.6. The molecular formula is C14H11ClF2N4OS. The number of hydrogen-bond donors (Lipinski definition) is 0. The molecule has 0 spiro atoms. The van der Waals surface area contributed by atoms with Gasteiger partial charge < -0.3 is 4.74 Å². The second kappa shape index (κ2) is 6.29. The summed E-state index contributed by atoms with van der Waals surface area (Å²) in [5, 5.41) is 0.557. The molecule has 0 radical (unpaired) electrons. The van der Waals surface area contributed by atoms with Gasteiger partial charge >= 0.3 is 0 Å². The molecule has 9 heteroatoms. The third kappa shape index (κ3) is 2.84. The number of fused-ring (bicyclic) bond motifs is 1. The van der Waals surface area contributed by atoms with E-state index in [1.807, 2.05) is 0 Å². The maximum absolute atomic E-state index is 13.5. The third-order valence-corrected chi connectivity index (χ3v) is 3.90. The lowest BCUT2D eigenvalue weighted by atomic mass is 10.3. The van der Waals surface area contributed by atoms with Gasteiger partial charge in [-0.15, -0.1) is 0 Å². The molecule has 0 N–H and O–H groups in total. The molecule has 5 nitrogen and oxygen atoms in total. The molecular weight excluding hydrogens is 346 g/mol. The Balaban J connectivity index is 2.35. The number of benzene rings is 1. The number of methoxy groups -OCH3 is 1. The van der Waals surface area contributed by atoms with Gasteiger partial charge in [-0.05, 0) is 18.4 Å². The van der Waals surface area contributed by atoms with E-state index < -0.39 is 12.2 Å². The van der Waals surface area contributed by atoms with Gasteiger partial charge in [0, 0.05) is 6.07 Å². The molecule has 0 aliphatic rings. The van der Waals surface area contributed by atoms with Crippen molar-refractivity contribution in [2.45, 2.75) is 11.6 Å². The molecule has 0 amide bonds. The lowest BCUT2D eigenvalue weighted by Gasteiger charge is -2.09. The van der Waals surface area contributed by atoms with Crippen LogP contribution in [-0.4, -0.2) is 32.9 Å². The van der Waals surface area contributed by atoms with Gasteiger partial charge in [0.25, 0.3) is 6.43 Å². The van der Waals surface area contributed by atoms with Gasteiger partial charge in [-0.3, -0.25) is 4.57 Å². The fraction of sp³-hybridized carbons (Fsp3) is 0.214. The molecule has 2 heterocycles. The van der Waals surface area contributed by atoms with Crippen LogP contribution >= 0.6 is 23.4 Å². The predicted molar refractivity (Wildman–Crippen MR) is 85.0 cm³/mol. The number of alkyl halides is 2. The van der Waals surface area contributed by atoms with Crippen LogP contribution < -0.4 is 4.74 Å². The highest BCUT2D eigenvalue weighted by Crippen LogP contribution is 2.32. The highest BCUT2D eigenvalue weighted by molar-refractivity contribution is 7.98. The number of aromatic nitrogens is 4. The van der Waals surface area contributed by atoms with E-state index in [4.69, 9.17) is 16.3 Å². The Morgan fingerprint density at radius 3 is 2.70 bits per heavy atom. The smallest absolute Gasteiger partial charge is 0.296 e. The van der Waals surface area contributed by atoms with Gasteiger partial charge in [-0.25, -0.2) is 23.7 Å². The average Bonchev–Trinajstić information content (AvgIpc) is 2.93. The second-order valence-corrected chi connectivity index (χ2v) is 5.63. The first kappa shape index (κ1) is 15.9. The number of thioether (sulfide) groups is 1. The first-order valence-corrected chi connectivity index (χ1v) is 8.08. The number of para-hydroxylation sites is 1. The van der Waals surface area contributed by atoms with Gasteiger partial charge in [-0.2, -0.15) is 0 Å². The van der Waals surface area contributed by atoms with E-state index in [2.05, 4.69) is 15.0 Å². The van der Waals surface area contributed by atoms with Crippen molar-refractivity contribution in [2.24, 2.45) is 0 Å². The van der Waals surface area contributed by atoms with Crippen LogP contribution in [0.5, 0.6) is 5.75 Å². The van der Waals surface area contributed by atoms with Crippen molar-refractivity contribution in [3.8, 4) is 11.6 Å². The summed E-state index contributed by atoms with van der Waals surface area (Å²) < 4.78 is 33.4. The maximum atomic E-state index is 13.5. The lowest BCUT2D eigenvalue weighted by Crippen LogP contribution is -2.05. The van der Waals surface area contributed by atoms with Crippen molar-refractivity contribution in [1.29, 1.82) is 0 Å². The molecule has 3 aromatic rings. The first-order valence-electron chi connectivity index (χ1n) is 6.47. The molecule has 0 saturated carbocycles. The number of rotatable bonds is 4. The van der Waals surface area contributed by atoms with Gasteiger partial charge in [0.05, 0.1) is 12.6 Å². The highest BCUT2D eigenvalue weighted by atomic mass is 35.5. The van der Waals surface area contributed by atoms with E-state index in [1.54, 1.807) is 24.5 Å². The van der Waals surface area contributed by atoms with E-state index in [1.165, 1.54) is 29.5 Å². The van der Waals surface area contributed by atoms with Crippen LogP contribution in [0.15, 0.2) is 29.4 Å². The van der Waals surface area contributed by atoms with Crippen LogP contribution in [0.25, 0.3) is 16.9 Å². The Bertz CT molecular complexity index is 871. The summed E-state index contributed by atoms with van der Waals surface area (Å²) in [7, 11) is 1.46. The Kier molecular flexibility index (Phi) is 4.36. The fourth-order valence-corrected chi connectivity index (χ4v) is 2.84. The zero-order valence-corrected chi connectivity index (χ0v) is 13.7. The summed E-state index contributed by atoms with van der Waals surface area (Å²) in [6, 6.07) is 6.46. The topological polar surface area (TPSA) is 52.8 Å². The van der Waals surface area contributed by atoms with Crippen LogP contribution in [0.1, 0.15) is 12.2 Å². The Morgan fingerprint density at radius 2 is 2.04 bits per heavy atom. The summed E-state index contributed by atoms with van der Waals surface area (Å²) in [4.78, 5) is 12.3. The molecule has 0 aliphatic heterocycles. The first-order chi connectivity index (χ1) is 11.0. The normalized spacial score (nSPS) is 11.4. The number of imidazole rings is 1. The molecule has 0 aliphatic carbocycles. The number of hydrogen-bond acceptors (Lipinski definition) is 5. The van der Waals surface area contributed by atoms with E-state index >= 15 is 0 Å². The van der Waals surface area contributed by atoms with Crippen LogP contribution in [-0.2, 0) is 0 Å². The van der Waals surface area contributed by atoms with Crippen LogP contribution in [0.4, 0.5) is 8.78 Å². The maximum Gasteiger partial charge on any atom is 0.296 e. The molecule has 0 bridgehead atoms. The zero-order valence-electron chi connectivity index (χ0n) is 12.1. The van der Waals surface area contributed by atoms with Crippen molar-refractivity contribution in [1.82, 2.24) is 19.5 Å². The summed E-state index contributed by atoms with van der Waals surface area (Å²) >= 11 is 7.25. The minimum absolute atomic E-state index is 0.171. The minimum atomic E-state index is -2.78. The molecule has 1 aromatic carbocycles. The molecule has 3 rings (SSSR count). The number of ether oxygens (including phenoxy) is 1. The number of halogens is 3. The molecule has 2 aromatic heterocycles. The summed E-state index contributed by atoms with van der Waals surface area (Å²) in [6.07, 6.45) is -1.00.